The average molecular weight is 580 g/mol. The molecule has 0 unspecified atom stereocenters. The summed E-state index contributed by atoms with van der Waals surface area (Å²) in [5, 5.41) is 30.9. The lowest BCUT2D eigenvalue weighted by Gasteiger charge is -2.25. The van der Waals surface area contributed by atoms with Gasteiger partial charge in [0.25, 0.3) is 6.43 Å². The second kappa shape index (κ2) is 10.7. The first-order chi connectivity index (χ1) is 20.6. The summed E-state index contributed by atoms with van der Waals surface area (Å²) < 4.78 is 27.9. The van der Waals surface area contributed by atoms with Gasteiger partial charge in [-0.2, -0.15) is 10.5 Å². The van der Waals surface area contributed by atoms with E-state index in [1.54, 1.807) is 24.7 Å². The summed E-state index contributed by atoms with van der Waals surface area (Å²) in [7, 11) is 0. The maximum absolute atomic E-state index is 14.0. The molecule has 1 fully saturated rings. The van der Waals surface area contributed by atoms with Gasteiger partial charge in [-0.05, 0) is 47.4 Å². The summed E-state index contributed by atoms with van der Waals surface area (Å²) in [6.45, 7) is 6.86. The monoisotopic (exact) mass is 579 g/mol. The number of hydrogen-bond acceptors (Lipinski definition) is 9. The number of alkyl halides is 2. The molecule has 1 aliphatic carbocycles. The molecule has 6 rings (SSSR count). The molecule has 1 atom stereocenters. The van der Waals surface area contributed by atoms with Crippen molar-refractivity contribution >= 4 is 33.1 Å². The maximum atomic E-state index is 14.0. The van der Waals surface area contributed by atoms with E-state index in [-0.39, 0.29) is 5.41 Å². The Bertz CT molecular complexity index is 1820. The summed E-state index contributed by atoms with van der Waals surface area (Å²) >= 11 is 0. The number of hydrogen-bond donors (Lipinski definition) is 4. The molecule has 11 heteroatoms. The predicted molar refractivity (Wildman–Crippen MR) is 161 cm³/mol. The van der Waals surface area contributed by atoms with E-state index in [0.717, 1.165) is 16.3 Å². The lowest BCUT2D eigenvalue weighted by molar-refractivity contribution is 0.00911. The molecule has 0 spiro atoms. The summed E-state index contributed by atoms with van der Waals surface area (Å²) in [5.74, 6) is 0. The molecule has 43 heavy (non-hydrogen) atoms. The van der Waals surface area contributed by atoms with Crippen LogP contribution in [0.1, 0.15) is 56.3 Å². The zero-order valence-electron chi connectivity index (χ0n) is 24.0. The Balaban J connectivity index is 1.48. The molecule has 3 heterocycles. The Hall–Kier alpha value is -5.00. The van der Waals surface area contributed by atoms with E-state index in [1.165, 1.54) is 11.2 Å². The van der Waals surface area contributed by atoms with Crippen molar-refractivity contribution in [3.63, 3.8) is 0 Å². The number of anilines is 2. The highest BCUT2D eigenvalue weighted by Crippen LogP contribution is 2.47. The fourth-order valence-corrected chi connectivity index (χ4v) is 5.39. The first-order valence-corrected chi connectivity index (χ1v) is 14.0. The van der Waals surface area contributed by atoms with E-state index in [1.807, 2.05) is 30.3 Å². The zero-order chi connectivity index (χ0) is 30.4. The van der Waals surface area contributed by atoms with Crippen LogP contribution in [0.4, 0.5) is 20.2 Å². The van der Waals surface area contributed by atoms with Gasteiger partial charge in [0.05, 0.1) is 34.1 Å². The van der Waals surface area contributed by atoms with Gasteiger partial charge in [-0.3, -0.25) is 15.0 Å². The number of fused-ring (bicyclic) bond motifs is 2. The minimum Gasteiger partial charge on any atom is -0.383 e. The van der Waals surface area contributed by atoms with Crippen LogP contribution in [0.5, 0.6) is 0 Å². The van der Waals surface area contributed by atoms with E-state index in [0.29, 0.717) is 58.5 Å². The van der Waals surface area contributed by atoms with Crippen LogP contribution in [-0.4, -0.2) is 33.5 Å². The molecular weight excluding hydrogens is 548 g/mol. The van der Waals surface area contributed by atoms with Crippen molar-refractivity contribution in [3.8, 4) is 12.1 Å². The van der Waals surface area contributed by atoms with E-state index in [2.05, 4.69) is 64.5 Å². The highest BCUT2D eigenvalue weighted by atomic mass is 19.3. The SMILES string of the molecule is CC(C)(C)CNc1c(C#N)cnc2c(C#N)cc(N[C@H](C3=CN(C4(C(F)F)CC4)NN3)c3cccc4ccncc34)cc12. The molecule has 1 aliphatic heterocycles. The number of halogens is 2. The molecule has 0 amide bonds. The van der Waals surface area contributed by atoms with Crippen molar-refractivity contribution in [2.24, 2.45) is 5.41 Å². The normalized spacial score (nSPS) is 16.4. The number of aromatic nitrogens is 2. The maximum Gasteiger partial charge on any atom is 0.262 e. The Morgan fingerprint density at radius 2 is 1.86 bits per heavy atom. The minimum absolute atomic E-state index is 0.0691. The van der Waals surface area contributed by atoms with Crippen molar-refractivity contribution in [3.05, 3.63) is 83.6 Å². The van der Waals surface area contributed by atoms with E-state index in [4.69, 9.17) is 0 Å². The fourth-order valence-electron chi connectivity index (χ4n) is 5.39. The summed E-state index contributed by atoms with van der Waals surface area (Å²) in [5.41, 5.74) is 8.60. The molecule has 2 aliphatic rings. The Morgan fingerprint density at radius 1 is 1.07 bits per heavy atom. The average Bonchev–Trinajstić information content (AvgIpc) is 3.67. The largest absolute Gasteiger partial charge is 0.383 e. The van der Waals surface area contributed by atoms with E-state index < -0.39 is 18.0 Å². The summed E-state index contributed by atoms with van der Waals surface area (Å²) in [6, 6.07) is 15.3. The second-order valence-electron chi connectivity index (χ2n) is 12.2. The third kappa shape index (κ3) is 5.24. The lowest BCUT2D eigenvalue weighted by Crippen LogP contribution is -2.48. The third-order valence-corrected chi connectivity index (χ3v) is 7.90. The topological polar surface area (TPSA) is 125 Å². The number of hydrazine groups is 2. The second-order valence-corrected chi connectivity index (χ2v) is 12.2. The smallest absolute Gasteiger partial charge is 0.262 e. The quantitative estimate of drug-likeness (QED) is 0.196. The van der Waals surface area contributed by atoms with Gasteiger partial charge >= 0.3 is 0 Å². The fraction of sp³-hybridized carbons (Fsp3) is 0.312. The molecular formula is C32H31F2N9. The van der Waals surface area contributed by atoms with Crippen molar-refractivity contribution in [1.82, 2.24) is 25.9 Å². The van der Waals surface area contributed by atoms with Gasteiger partial charge in [0.1, 0.15) is 17.7 Å². The summed E-state index contributed by atoms with van der Waals surface area (Å²) in [6.07, 6.45) is 4.92. The van der Waals surface area contributed by atoms with Gasteiger partial charge in [-0.15, -0.1) is 5.53 Å². The van der Waals surface area contributed by atoms with Crippen LogP contribution >= 0.6 is 0 Å². The molecule has 218 valence electrons. The van der Waals surface area contributed by atoms with Crippen molar-refractivity contribution < 1.29 is 8.78 Å². The number of benzene rings is 2. The van der Waals surface area contributed by atoms with Crippen LogP contribution in [0.2, 0.25) is 0 Å². The highest BCUT2D eigenvalue weighted by Gasteiger charge is 2.56. The van der Waals surface area contributed by atoms with E-state index in [9.17, 15) is 19.3 Å². The molecule has 4 aromatic rings. The van der Waals surface area contributed by atoms with Gasteiger partial charge < -0.3 is 16.1 Å². The van der Waals surface area contributed by atoms with Gasteiger partial charge in [-0.25, -0.2) is 8.78 Å². The predicted octanol–water partition coefficient (Wildman–Crippen LogP) is 6.10. The number of pyridine rings is 2. The standard InChI is InChI=1S/C32H31F2N9/c1-31(2,3)18-39-28-21(14-36)15-38-27-20(13-35)11-22(12-24(27)28)40-29(23-6-4-5-19-7-10-37-16-25(19)23)26-17-43(42-41-26)32(8-9-32)30(33)34/h4-7,10-12,15-17,29-30,40-42H,8-9,18H2,1-3H3,(H,38,39)/t29-/m0/s1. The van der Waals surface area contributed by atoms with Gasteiger partial charge in [-0.1, -0.05) is 39.0 Å². The molecule has 0 bridgehead atoms. The third-order valence-electron chi connectivity index (χ3n) is 7.90. The highest BCUT2D eigenvalue weighted by molar-refractivity contribution is 5.99. The van der Waals surface area contributed by atoms with E-state index >= 15 is 0 Å². The lowest BCUT2D eigenvalue weighted by atomic mass is 9.96. The van der Waals surface area contributed by atoms with Crippen LogP contribution in [-0.2, 0) is 0 Å². The van der Waals surface area contributed by atoms with Gasteiger partial charge in [0, 0.05) is 47.8 Å². The molecule has 9 nitrogen and oxygen atoms in total. The Kier molecular flexibility index (Phi) is 6.99. The van der Waals surface area contributed by atoms with Crippen molar-refractivity contribution in [1.29, 1.82) is 10.5 Å². The van der Waals surface area contributed by atoms with Crippen molar-refractivity contribution in [2.45, 2.75) is 51.6 Å². The van der Waals surface area contributed by atoms with Gasteiger partial charge in [0.2, 0.25) is 0 Å². The van der Waals surface area contributed by atoms with Crippen LogP contribution in [0.25, 0.3) is 21.7 Å². The Morgan fingerprint density at radius 3 is 2.56 bits per heavy atom. The van der Waals surface area contributed by atoms with Crippen LogP contribution in [0.3, 0.4) is 0 Å². The molecule has 4 N–H and O–H groups in total. The Labute approximate surface area is 248 Å². The minimum atomic E-state index is -2.51. The van der Waals surface area contributed by atoms with Crippen LogP contribution in [0.15, 0.2) is 66.9 Å². The molecule has 2 aromatic carbocycles. The molecule has 0 radical (unpaired) electrons. The first-order valence-electron chi connectivity index (χ1n) is 14.0. The molecule has 2 aromatic heterocycles. The van der Waals surface area contributed by atoms with Crippen LogP contribution < -0.4 is 21.6 Å². The number of nitriles is 2. The summed E-state index contributed by atoms with van der Waals surface area (Å²) in [4.78, 5) is 8.79. The zero-order valence-corrected chi connectivity index (χ0v) is 24.0. The number of nitrogens with zero attached hydrogens (tertiary/aromatic N) is 5. The van der Waals surface area contributed by atoms with Gasteiger partial charge in [0.15, 0.2) is 0 Å². The molecule has 0 saturated heterocycles. The molecule has 1 saturated carbocycles. The number of nitrogens with one attached hydrogen (secondary N) is 4. The number of rotatable bonds is 8. The van der Waals surface area contributed by atoms with Crippen LogP contribution in [0, 0.1) is 28.1 Å². The van der Waals surface area contributed by atoms with Crippen molar-refractivity contribution in [2.75, 3.05) is 17.2 Å². The first kappa shape index (κ1) is 28.1.